The third kappa shape index (κ3) is 5.05. The summed E-state index contributed by atoms with van der Waals surface area (Å²) >= 11 is 13.6. The number of rotatable bonds is 7. The van der Waals surface area contributed by atoms with Gasteiger partial charge in [-0.05, 0) is 37.3 Å². The van der Waals surface area contributed by atoms with E-state index in [0.717, 1.165) is 5.69 Å². The van der Waals surface area contributed by atoms with E-state index < -0.39 is 6.10 Å². The molecule has 2 aromatic carbocycles. The number of nitrogens with one attached hydrogen (secondary N) is 1. The van der Waals surface area contributed by atoms with E-state index in [0.29, 0.717) is 26.6 Å². The second-order valence-electron chi connectivity index (χ2n) is 6.04. The van der Waals surface area contributed by atoms with Crippen LogP contribution >= 0.6 is 35.0 Å². The fourth-order valence-corrected chi connectivity index (χ4v) is 3.74. The summed E-state index contributed by atoms with van der Waals surface area (Å²) in [5.74, 6) is 0.505. The number of hydrogen-bond acceptors (Lipinski definition) is 5. The first-order valence-corrected chi connectivity index (χ1v) is 10.2. The second kappa shape index (κ2) is 9.43. The van der Waals surface area contributed by atoms with Crippen molar-refractivity contribution in [2.45, 2.75) is 18.2 Å². The van der Waals surface area contributed by atoms with Gasteiger partial charge in [0.2, 0.25) is 5.91 Å². The van der Waals surface area contributed by atoms with Crippen molar-refractivity contribution in [3.63, 3.8) is 0 Å². The van der Waals surface area contributed by atoms with Crippen molar-refractivity contribution in [1.82, 2.24) is 20.1 Å². The van der Waals surface area contributed by atoms with Gasteiger partial charge in [-0.15, -0.1) is 10.2 Å². The number of para-hydroxylation sites is 1. The van der Waals surface area contributed by atoms with Gasteiger partial charge in [0.15, 0.2) is 11.0 Å². The first-order chi connectivity index (χ1) is 13.5. The maximum Gasteiger partial charge on any atom is 0.230 e. The zero-order valence-electron chi connectivity index (χ0n) is 15.0. The van der Waals surface area contributed by atoms with Crippen LogP contribution in [0.2, 0.25) is 10.0 Å². The van der Waals surface area contributed by atoms with E-state index in [1.54, 1.807) is 25.1 Å². The zero-order chi connectivity index (χ0) is 20.1. The molecule has 0 aliphatic rings. The first-order valence-electron chi connectivity index (χ1n) is 8.49. The Morgan fingerprint density at radius 3 is 2.64 bits per heavy atom. The third-order valence-electron chi connectivity index (χ3n) is 3.75. The molecule has 1 atom stereocenters. The third-order valence-corrected chi connectivity index (χ3v) is 5.22. The summed E-state index contributed by atoms with van der Waals surface area (Å²) in [6.07, 6.45) is -0.597. The lowest BCUT2D eigenvalue weighted by molar-refractivity contribution is -0.118. The molecule has 0 aliphatic carbocycles. The molecular weight excluding hydrogens is 419 g/mol. The van der Waals surface area contributed by atoms with Gasteiger partial charge in [-0.3, -0.25) is 9.36 Å². The van der Waals surface area contributed by atoms with E-state index in [-0.39, 0.29) is 18.2 Å². The maximum absolute atomic E-state index is 12.0. The van der Waals surface area contributed by atoms with Crippen LogP contribution in [0.1, 0.15) is 6.92 Å². The minimum atomic E-state index is -0.597. The van der Waals surface area contributed by atoms with Gasteiger partial charge in [-0.1, -0.05) is 53.2 Å². The Balaban J connectivity index is 1.93. The second-order valence-corrected chi connectivity index (χ2v) is 7.83. The van der Waals surface area contributed by atoms with E-state index in [1.165, 1.54) is 11.8 Å². The smallest absolute Gasteiger partial charge is 0.230 e. The number of nitrogens with zero attached hydrogens (tertiary/aromatic N) is 3. The summed E-state index contributed by atoms with van der Waals surface area (Å²) < 4.78 is 1.85. The van der Waals surface area contributed by atoms with E-state index in [1.807, 2.05) is 34.9 Å². The van der Waals surface area contributed by atoms with Crippen molar-refractivity contribution in [3.8, 4) is 17.1 Å². The number of thioether (sulfide) groups is 1. The number of aliphatic hydroxyl groups is 1. The van der Waals surface area contributed by atoms with E-state index >= 15 is 0 Å². The minimum absolute atomic E-state index is 0.145. The molecule has 0 fully saturated rings. The molecule has 0 aliphatic heterocycles. The lowest BCUT2D eigenvalue weighted by atomic mass is 10.2. The molecule has 1 unspecified atom stereocenters. The molecule has 3 rings (SSSR count). The summed E-state index contributed by atoms with van der Waals surface area (Å²) in [5, 5.41) is 22.0. The van der Waals surface area contributed by atoms with E-state index in [2.05, 4.69) is 15.5 Å². The number of aromatic nitrogens is 3. The number of carbonyl (C=O) groups excluding carboxylic acids is 1. The van der Waals surface area contributed by atoms with Crippen molar-refractivity contribution in [1.29, 1.82) is 0 Å². The van der Waals surface area contributed by atoms with Crippen LogP contribution in [-0.4, -0.2) is 44.2 Å². The highest BCUT2D eigenvalue weighted by Gasteiger charge is 2.19. The van der Waals surface area contributed by atoms with Crippen LogP contribution in [0.4, 0.5) is 0 Å². The predicted molar refractivity (Wildman–Crippen MR) is 112 cm³/mol. The summed E-state index contributed by atoms with van der Waals surface area (Å²) in [6.45, 7) is 1.82. The highest BCUT2D eigenvalue weighted by Crippen LogP contribution is 2.33. The summed E-state index contributed by atoms with van der Waals surface area (Å²) in [5.41, 5.74) is 1.54. The Hall–Kier alpha value is -2.06. The number of carbonyl (C=O) groups is 1. The Labute approximate surface area is 176 Å². The number of aliphatic hydroxyl groups excluding tert-OH is 1. The SMILES string of the molecule is CC(O)CNC(=O)CSc1nnc(-c2ccc(Cl)cc2Cl)n1-c1ccccc1. The van der Waals surface area contributed by atoms with Crippen LogP contribution in [-0.2, 0) is 4.79 Å². The number of hydrogen-bond donors (Lipinski definition) is 2. The average molecular weight is 437 g/mol. The maximum atomic E-state index is 12.0. The van der Waals surface area contributed by atoms with Crippen LogP contribution in [0.5, 0.6) is 0 Å². The largest absolute Gasteiger partial charge is 0.392 e. The lowest BCUT2D eigenvalue weighted by Crippen LogP contribution is -2.31. The number of halogens is 2. The molecule has 6 nitrogen and oxygen atoms in total. The Kier molecular flexibility index (Phi) is 6.96. The highest BCUT2D eigenvalue weighted by atomic mass is 35.5. The molecule has 0 saturated carbocycles. The minimum Gasteiger partial charge on any atom is -0.392 e. The molecular formula is C19H18Cl2N4O2S. The number of amides is 1. The average Bonchev–Trinajstić information content (AvgIpc) is 3.09. The van der Waals surface area contributed by atoms with Crippen LogP contribution in [0, 0.1) is 0 Å². The van der Waals surface area contributed by atoms with Crippen LogP contribution < -0.4 is 5.32 Å². The van der Waals surface area contributed by atoms with Crippen molar-refractivity contribution in [2.24, 2.45) is 0 Å². The van der Waals surface area contributed by atoms with Crippen molar-refractivity contribution >= 4 is 40.9 Å². The monoisotopic (exact) mass is 436 g/mol. The molecule has 1 amide bonds. The molecule has 0 bridgehead atoms. The molecule has 0 saturated heterocycles. The standard InChI is InChI=1S/C19H18Cl2N4O2S/c1-12(26)10-22-17(27)11-28-19-24-23-18(15-8-7-13(20)9-16(15)21)25(19)14-5-3-2-4-6-14/h2-9,12,26H,10-11H2,1H3,(H,22,27). The normalized spacial score (nSPS) is 12.0. The molecule has 0 spiro atoms. The van der Waals surface area contributed by atoms with Gasteiger partial charge < -0.3 is 10.4 Å². The van der Waals surface area contributed by atoms with Gasteiger partial charge in [0.05, 0.1) is 16.9 Å². The first kappa shape index (κ1) is 20.7. The topological polar surface area (TPSA) is 80.0 Å². The molecule has 28 heavy (non-hydrogen) atoms. The van der Waals surface area contributed by atoms with Crippen molar-refractivity contribution < 1.29 is 9.90 Å². The van der Waals surface area contributed by atoms with Gasteiger partial charge in [0.1, 0.15) is 0 Å². The Morgan fingerprint density at radius 1 is 1.21 bits per heavy atom. The quantitative estimate of drug-likeness (QED) is 0.550. The van der Waals surface area contributed by atoms with Crippen molar-refractivity contribution in [2.75, 3.05) is 12.3 Å². The molecule has 0 radical (unpaired) electrons. The Morgan fingerprint density at radius 2 is 1.96 bits per heavy atom. The Bertz CT molecular complexity index is 964. The number of benzene rings is 2. The van der Waals surface area contributed by atoms with E-state index in [4.69, 9.17) is 23.2 Å². The highest BCUT2D eigenvalue weighted by molar-refractivity contribution is 7.99. The summed E-state index contributed by atoms with van der Waals surface area (Å²) in [7, 11) is 0. The fourth-order valence-electron chi connectivity index (χ4n) is 2.46. The molecule has 1 heterocycles. The van der Waals surface area contributed by atoms with Crippen molar-refractivity contribution in [3.05, 3.63) is 58.6 Å². The molecule has 3 aromatic rings. The summed E-state index contributed by atoms with van der Waals surface area (Å²) in [6, 6.07) is 14.8. The summed E-state index contributed by atoms with van der Waals surface area (Å²) in [4.78, 5) is 12.0. The van der Waals surface area contributed by atoms with Gasteiger partial charge in [0, 0.05) is 22.8 Å². The fraction of sp³-hybridized carbons (Fsp3) is 0.211. The lowest BCUT2D eigenvalue weighted by Gasteiger charge is -2.11. The predicted octanol–water partition coefficient (Wildman–Crippen LogP) is 3.83. The van der Waals surface area contributed by atoms with Gasteiger partial charge in [-0.25, -0.2) is 0 Å². The molecule has 2 N–H and O–H groups in total. The van der Waals surface area contributed by atoms with Crippen LogP contribution in [0.25, 0.3) is 17.1 Å². The van der Waals surface area contributed by atoms with Crippen LogP contribution in [0.3, 0.4) is 0 Å². The molecule has 9 heteroatoms. The van der Waals surface area contributed by atoms with Gasteiger partial charge in [0.25, 0.3) is 0 Å². The molecule has 146 valence electrons. The van der Waals surface area contributed by atoms with Gasteiger partial charge >= 0.3 is 0 Å². The molecule has 1 aromatic heterocycles. The zero-order valence-corrected chi connectivity index (χ0v) is 17.3. The van der Waals surface area contributed by atoms with Crippen LogP contribution in [0.15, 0.2) is 53.7 Å². The van der Waals surface area contributed by atoms with Gasteiger partial charge in [-0.2, -0.15) is 0 Å². The van der Waals surface area contributed by atoms with E-state index in [9.17, 15) is 9.90 Å².